The van der Waals surface area contributed by atoms with E-state index in [4.69, 9.17) is 4.52 Å². The van der Waals surface area contributed by atoms with Crippen molar-refractivity contribution in [1.29, 1.82) is 0 Å². The van der Waals surface area contributed by atoms with Crippen LogP contribution in [-0.4, -0.2) is 21.4 Å². The molecule has 0 bridgehead atoms. The molecule has 1 N–H and O–H groups in total. The number of aliphatic hydroxyl groups excluding tert-OH is 1. The fraction of sp³-hybridized carbons (Fsp3) is 0.857. The van der Waals surface area contributed by atoms with Crippen molar-refractivity contribution in [3.05, 3.63) is 11.7 Å². The van der Waals surface area contributed by atoms with Crippen molar-refractivity contribution < 1.29 is 9.63 Å². The highest BCUT2D eigenvalue weighted by molar-refractivity contribution is 4.99. The number of rotatable bonds is 4. The molecule has 1 fully saturated rings. The molecule has 0 amide bonds. The van der Waals surface area contributed by atoms with Gasteiger partial charge in [0.05, 0.1) is 12.5 Å². The molecule has 18 heavy (non-hydrogen) atoms. The zero-order valence-corrected chi connectivity index (χ0v) is 11.6. The fourth-order valence-electron chi connectivity index (χ4n) is 2.52. The van der Waals surface area contributed by atoms with Gasteiger partial charge in [-0.05, 0) is 37.5 Å². The van der Waals surface area contributed by atoms with Crippen LogP contribution in [0.25, 0.3) is 0 Å². The van der Waals surface area contributed by atoms with Crippen molar-refractivity contribution in [2.75, 3.05) is 0 Å². The third-order valence-corrected chi connectivity index (χ3v) is 4.07. The van der Waals surface area contributed by atoms with Gasteiger partial charge < -0.3 is 9.63 Å². The Morgan fingerprint density at radius 1 is 1.39 bits per heavy atom. The van der Waals surface area contributed by atoms with Crippen LogP contribution in [0.3, 0.4) is 0 Å². The van der Waals surface area contributed by atoms with Gasteiger partial charge in [0.1, 0.15) is 0 Å². The highest BCUT2D eigenvalue weighted by Gasteiger charge is 2.30. The predicted octanol–water partition coefficient (Wildman–Crippen LogP) is 3.07. The maximum atomic E-state index is 9.57. The van der Waals surface area contributed by atoms with E-state index >= 15 is 0 Å². The van der Waals surface area contributed by atoms with Crippen molar-refractivity contribution in [1.82, 2.24) is 10.1 Å². The molecule has 4 heteroatoms. The zero-order valence-electron chi connectivity index (χ0n) is 11.6. The third-order valence-electron chi connectivity index (χ3n) is 4.07. The molecule has 0 spiro atoms. The normalized spacial score (nSPS) is 22.0. The molecule has 1 aromatic heterocycles. The van der Waals surface area contributed by atoms with Crippen molar-refractivity contribution in [2.24, 2.45) is 5.41 Å². The topological polar surface area (TPSA) is 59.2 Å². The molecule has 1 aromatic rings. The van der Waals surface area contributed by atoms with Gasteiger partial charge in [0.25, 0.3) is 0 Å². The molecule has 1 atom stereocenters. The van der Waals surface area contributed by atoms with Gasteiger partial charge in [0.15, 0.2) is 5.82 Å². The van der Waals surface area contributed by atoms with E-state index in [-0.39, 0.29) is 6.10 Å². The van der Waals surface area contributed by atoms with E-state index < -0.39 is 0 Å². The Hall–Kier alpha value is -0.900. The van der Waals surface area contributed by atoms with Crippen LogP contribution in [0.15, 0.2) is 4.52 Å². The second kappa shape index (κ2) is 5.39. The first-order chi connectivity index (χ1) is 8.50. The monoisotopic (exact) mass is 252 g/mol. The first-order valence-corrected chi connectivity index (χ1v) is 7.01. The van der Waals surface area contributed by atoms with E-state index in [1.165, 1.54) is 12.8 Å². The lowest BCUT2D eigenvalue weighted by Crippen LogP contribution is -2.20. The maximum Gasteiger partial charge on any atom is 0.229 e. The molecule has 0 saturated heterocycles. The summed E-state index contributed by atoms with van der Waals surface area (Å²) in [5.74, 6) is 1.85. The number of hydrogen-bond donors (Lipinski definition) is 1. The number of hydrogen-bond acceptors (Lipinski definition) is 4. The minimum Gasteiger partial charge on any atom is -0.393 e. The van der Waals surface area contributed by atoms with Crippen LogP contribution in [-0.2, 0) is 6.42 Å². The lowest BCUT2D eigenvalue weighted by molar-refractivity contribution is 0.158. The Labute approximate surface area is 109 Å². The van der Waals surface area contributed by atoms with Crippen LogP contribution < -0.4 is 0 Å². The highest BCUT2D eigenvalue weighted by Crippen LogP contribution is 2.41. The van der Waals surface area contributed by atoms with Gasteiger partial charge in [-0.2, -0.15) is 4.98 Å². The standard InChI is InChI=1S/C14H24N2O2/c1-4-11(17)9-12-15-13(16-18-12)10-5-7-14(2,3)8-6-10/h10-11,17H,4-9H2,1-3H3. The molecular weight excluding hydrogens is 228 g/mol. The predicted molar refractivity (Wildman–Crippen MR) is 69.3 cm³/mol. The van der Waals surface area contributed by atoms with Crippen LogP contribution in [0.2, 0.25) is 0 Å². The minimum absolute atomic E-state index is 0.372. The zero-order chi connectivity index (χ0) is 13.2. The molecular formula is C14H24N2O2. The van der Waals surface area contributed by atoms with Gasteiger partial charge in [-0.3, -0.25) is 0 Å². The quantitative estimate of drug-likeness (QED) is 0.894. The molecule has 1 aliphatic carbocycles. The molecule has 102 valence electrons. The molecule has 1 aliphatic rings. The number of nitrogens with zero attached hydrogens (tertiary/aromatic N) is 2. The molecule has 1 unspecified atom stereocenters. The van der Waals surface area contributed by atoms with E-state index in [2.05, 4.69) is 24.0 Å². The van der Waals surface area contributed by atoms with Crippen molar-refractivity contribution in [3.63, 3.8) is 0 Å². The molecule has 0 aromatic carbocycles. The average molecular weight is 252 g/mol. The highest BCUT2D eigenvalue weighted by atomic mass is 16.5. The lowest BCUT2D eigenvalue weighted by Gasteiger charge is -2.32. The first kappa shape index (κ1) is 13.5. The van der Waals surface area contributed by atoms with E-state index in [1.807, 2.05) is 6.92 Å². The summed E-state index contributed by atoms with van der Waals surface area (Å²) in [5.41, 5.74) is 0.460. The molecule has 1 heterocycles. The second-order valence-electron chi connectivity index (χ2n) is 6.25. The molecule has 0 aliphatic heterocycles. The van der Waals surface area contributed by atoms with Crippen LogP contribution in [0.5, 0.6) is 0 Å². The minimum atomic E-state index is -0.372. The summed E-state index contributed by atoms with van der Waals surface area (Å²) < 4.78 is 5.22. The molecule has 0 radical (unpaired) electrons. The van der Waals surface area contributed by atoms with E-state index in [0.717, 1.165) is 25.1 Å². The van der Waals surface area contributed by atoms with E-state index in [9.17, 15) is 5.11 Å². The summed E-state index contributed by atoms with van der Waals surface area (Å²) >= 11 is 0. The van der Waals surface area contributed by atoms with Gasteiger partial charge in [-0.1, -0.05) is 25.9 Å². The van der Waals surface area contributed by atoms with Crippen molar-refractivity contribution >= 4 is 0 Å². The summed E-state index contributed by atoms with van der Waals surface area (Å²) in [6.45, 7) is 6.59. The van der Waals surface area contributed by atoms with Gasteiger partial charge >= 0.3 is 0 Å². The van der Waals surface area contributed by atoms with E-state index in [1.54, 1.807) is 0 Å². The maximum absolute atomic E-state index is 9.57. The van der Waals surface area contributed by atoms with Crippen LogP contribution in [0.1, 0.15) is 70.5 Å². The van der Waals surface area contributed by atoms with Crippen LogP contribution in [0, 0.1) is 5.41 Å². The SMILES string of the molecule is CCC(O)Cc1nc(C2CCC(C)(C)CC2)no1. The third kappa shape index (κ3) is 3.31. The Morgan fingerprint density at radius 2 is 2.06 bits per heavy atom. The molecule has 1 saturated carbocycles. The molecule has 4 nitrogen and oxygen atoms in total. The Morgan fingerprint density at radius 3 is 2.67 bits per heavy atom. The van der Waals surface area contributed by atoms with Crippen LogP contribution >= 0.6 is 0 Å². The summed E-state index contributed by atoms with van der Waals surface area (Å²) in [6, 6.07) is 0. The van der Waals surface area contributed by atoms with Gasteiger partial charge in [-0.15, -0.1) is 0 Å². The lowest BCUT2D eigenvalue weighted by atomic mass is 9.73. The summed E-state index contributed by atoms with van der Waals surface area (Å²) in [6.07, 6.45) is 5.54. The number of aromatic nitrogens is 2. The fourth-order valence-corrected chi connectivity index (χ4v) is 2.52. The Kier molecular flexibility index (Phi) is 4.05. The van der Waals surface area contributed by atoms with Crippen molar-refractivity contribution in [3.8, 4) is 0 Å². The largest absolute Gasteiger partial charge is 0.393 e. The Bertz CT molecular complexity index is 377. The first-order valence-electron chi connectivity index (χ1n) is 7.01. The van der Waals surface area contributed by atoms with Crippen molar-refractivity contribution in [2.45, 2.75) is 71.3 Å². The average Bonchev–Trinajstić information content (AvgIpc) is 2.77. The van der Waals surface area contributed by atoms with Gasteiger partial charge in [0.2, 0.25) is 5.89 Å². The number of aliphatic hydroxyl groups is 1. The van der Waals surface area contributed by atoms with Crippen LogP contribution in [0.4, 0.5) is 0 Å². The van der Waals surface area contributed by atoms with Gasteiger partial charge in [-0.25, -0.2) is 0 Å². The smallest absolute Gasteiger partial charge is 0.229 e. The summed E-state index contributed by atoms with van der Waals surface area (Å²) in [7, 11) is 0. The molecule has 2 rings (SSSR count). The Balaban J connectivity index is 1.94. The summed E-state index contributed by atoms with van der Waals surface area (Å²) in [5, 5.41) is 13.6. The summed E-state index contributed by atoms with van der Waals surface area (Å²) in [4.78, 5) is 4.43. The van der Waals surface area contributed by atoms with E-state index in [0.29, 0.717) is 23.6 Å². The second-order valence-corrected chi connectivity index (χ2v) is 6.25. The van der Waals surface area contributed by atoms with Gasteiger partial charge in [0, 0.05) is 5.92 Å².